The van der Waals surface area contributed by atoms with Crippen molar-refractivity contribution in [2.75, 3.05) is 12.4 Å². The van der Waals surface area contributed by atoms with Crippen molar-refractivity contribution in [3.05, 3.63) is 53.1 Å². The molecule has 0 aliphatic carbocycles. The van der Waals surface area contributed by atoms with E-state index in [4.69, 9.17) is 9.15 Å². The van der Waals surface area contributed by atoms with E-state index in [1.165, 1.54) is 18.3 Å². The molecular formula is C19H19N3O4S. The molecule has 0 aliphatic rings. The predicted octanol–water partition coefficient (Wildman–Crippen LogP) is 3.23. The Morgan fingerprint density at radius 3 is 2.67 bits per heavy atom. The van der Waals surface area contributed by atoms with Crippen LogP contribution in [0.25, 0.3) is 11.5 Å². The van der Waals surface area contributed by atoms with E-state index in [0.29, 0.717) is 28.9 Å². The molecule has 1 aromatic carbocycles. The van der Waals surface area contributed by atoms with E-state index in [0.717, 1.165) is 11.3 Å². The van der Waals surface area contributed by atoms with E-state index < -0.39 is 0 Å². The highest BCUT2D eigenvalue weighted by Gasteiger charge is 2.12. The van der Waals surface area contributed by atoms with Crippen LogP contribution >= 0.6 is 11.3 Å². The van der Waals surface area contributed by atoms with Crippen molar-refractivity contribution in [1.82, 2.24) is 10.3 Å². The SMILES string of the molecule is COc1ccc(CC(=O)Nc2nc(-c3ccc(CNC(C)=O)o3)cs2)cc1. The maximum atomic E-state index is 12.2. The molecule has 0 atom stereocenters. The molecule has 2 heterocycles. The Hall–Kier alpha value is -3.13. The van der Waals surface area contributed by atoms with Gasteiger partial charge in [0.25, 0.3) is 0 Å². The van der Waals surface area contributed by atoms with Gasteiger partial charge in [-0.3, -0.25) is 9.59 Å². The summed E-state index contributed by atoms with van der Waals surface area (Å²) in [7, 11) is 1.60. The number of amides is 2. The zero-order valence-electron chi connectivity index (χ0n) is 14.9. The van der Waals surface area contributed by atoms with Crippen molar-refractivity contribution >= 4 is 28.3 Å². The molecular weight excluding hydrogens is 366 g/mol. The van der Waals surface area contributed by atoms with Gasteiger partial charge < -0.3 is 19.8 Å². The number of nitrogens with zero attached hydrogens (tertiary/aromatic N) is 1. The van der Waals surface area contributed by atoms with Crippen LogP contribution in [0.2, 0.25) is 0 Å². The molecule has 2 amide bonds. The van der Waals surface area contributed by atoms with Crippen LogP contribution in [-0.4, -0.2) is 23.9 Å². The number of hydrogen-bond donors (Lipinski definition) is 2. The lowest BCUT2D eigenvalue weighted by atomic mass is 10.1. The van der Waals surface area contributed by atoms with Gasteiger partial charge in [0.05, 0.1) is 20.1 Å². The Morgan fingerprint density at radius 2 is 1.96 bits per heavy atom. The van der Waals surface area contributed by atoms with Gasteiger partial charge >= 0.3 is 0 Å². The van der Waals surface area contributed by atoms with E-state index in [2.05, 4.69) is 15.6 Å². The molecule has 140 valence electrons. The molecule has 0 bridgehead atoms. The van der Waals surface area contributed by atoms with Crippen LogP contribution in [-0.2, 0) is 22.6 Å². The summed E-state index contributed by atoms with van der Waals surface area (Å²) in [6.07, 6.45) is 0.251. The Labute approximate surface area is 160 Å². The summed E-state index contributed by atoms with van der Waals surface area (Å²) in [6, 6.07) is 10.9. The molecule has 0 fully saturated rings. The number of methoxy groups -OCH3 is 1. The average molecular weight is 385 g/mol. The minimum atomic E-state index is -0.146. The number of rotatable bonds is 7. The second-order valence-corrected chi connectivity index (χ2v) is 6.64. The van der Waals surface area contributed by atoms with Crippen LogP contribution in [0.15, 0.2) is 46.2 Å². The third-order valence-electron chi connectivity index (χ3n) is 3.70. The first-order chi connectivity index (χ1) is 13.0. The summed E-state index contributed by atoms with van der Waals surface area (Å²) in [5.74, 6) is 1.70. The lowest BCUT2D eigenvalue weighted by molar-refractivity contribution is -0.119. The maximum Gasteiger partial charge on any atom is 0.230 e. The molecule has 27 heavy (non-hydrogen) atoms. The van der Waals surface area contributed by atoms with E-state index in [1.807, 2.05) is 29.6 Å². The van der Waals surface area contributed by atoms with Crippen LogP contribution in [0.4, 0.5) is 5.13 Å². The lowest BCUT2D eigenvalue weighted by Gasteiger charge is -2.03. The van der Waals surface area contributed by atoms with Crippen LogP contribution in [0, 0.1) is 0 Å². The topological polar surface area (TPSA) is 93.5 Å². The summed E-state index contributed by atoms with van der Waals surface area (Å²) in [6.45, 7) is 1.77. The van der Waals surface area contributed by atoms with Gasteiger partial charge in [0, 0.05) is 12.3 Å². The highest BCUT2D eigenvalue weighted by Crippen LogP contribution is 2.26. The van der Waals surface area contributed by atoms with Crippen LogP contribution in [0.1, 0.15) is 18.2 Å². The second kappa shape index (κ2) is 8.50. The smallest absolute Gasteiger partial charge is 0.230 e. The van der Waals surface area contributed by atoms with Gasteiger partial charge in [0.2, 0.25) is 11.8 Å². The number of carbonyl (C=O) groups is 2. The fourth-order valence-electron chi connectivity index (χ4n) is 2.36. The lowest BCUT2D eigenvalue weighted by Crippen LogP contribution is -2.18. The van der Waals surface area contributed by atoms with Gasteiger partial charge in [-0.25, -0.2) is 4.98 Å². The third kappa shape index (κ3) is 5.18. The Bertz CT molecular complexity index is 931. The number of ether oxygens (including phenoxy) is 1. The normalized spacial score (nSPS) is 10.4. The number of furan rings is 1. The quantitative estimate of drug-likeness (QED) is 0.651. The molecule has 0 radical (unpaired) electrons. The summed E-state index contributed by atoms with van der Waals surface area (Å²) in [5, 5.41) is 7.78. The number of anilines is 1. The number of carbonyl (C=O) groups excluding carboxylic acids is 2. The zero-order chi connectivity index (χ0) is 19.2. The summed E-state index contributed by atoms with van der Waals surface area (Å²) >= 11 is 1.32. The standard InChI is InChI=1S/C19H19N3O4S/c1-12(23)20-10-15-7-8-17(26-15)16-11-27-19(21-16)22-18(24)9-13-3-5-14(25-2)6-4-13/h3-8,11H,9-10H2,1-2H3,(H,20,23)(H,21,22,24). The van der Waals surface area contributed by atoms with Crippen molar-refractivity contribution in [2.24, 2.45) is 0 Å². The Balaban J connectivity index is 1.58. The molecule has 8 heteroatoms. The number of nitrogens with one attached hydrogen (secondary N) is 2. The van der Waals surface area contributed by atoms with E-state index in [-0.39, 0.29) is 18.2 Å². The van der Waals surface area contributed by atoms with Gasteiger partial charge in [-0.1, -0.05) is 12.1 Å². The molecule has 0 aliphatic heterocycles. The number of thiazole rings is 1. The first kappa shape index (κ1) is 18.7. The van der Waals surface area contributed by atoms with Crippen LogP contribution in [0.3, 0.4) is 0 Å². The molecule has 2 aromatic heterocycles. The predicted molar refractivity (Wildman–Crippen MR) is 103 cm³/mol. The van der Waals surface area contributed by atoms with Gasteiger partial charge in [0.15, 0.2) is 10.9 Å². The van der Waals surface area contributed by atoms with Gasteiger partial charge in [-0.05, 0) is 29.8 Å². The summed E-state index contributed by atoms with van der Waals surface area (Å²) < 4.78 is 10.8. The molecule has 2 N–H and O–H groups in total. The maximum absolute atomic E-state index is 12.2. The second-order valence-electron chi connectivity index (χ2n) is 5.79. The van der Waals surface area contributed by atoms with Crippen LogP contribution in [0.5, 0.6) is 5.75 Å². The molecule has 0 saturated carbocycles. The van der Waals surface area contributed by atoms with Gasteiger partial charge in [0.1, 0.15) is 17.2 Å². The molecule has 3 rings (SSSR count). The third-order valence-corrected chi connectivity index (χ3v) is 4.46. The molecule has 0 unspecified atom stereocenters. The van der Waals surface area contributed by atoms with Crippen molar-refractivity contribution < 1.29 is 18.7 Å². The molecule has 0 saturated heterocycles. The van der Waals surface area contributed by atoms with Crippen molar-refractivity contribution in [1.29, 1.82) is 0 Å². The van der Waals surface area contributed by atoms with E-state index >= 15 is 0 Å². The summed E-state index contributed by atoms with van der Waals surface area (Å²) in [5.41, 5.74) is 1.52. The largest absolute Gasteiger partial charge is 0.497 e. The van der Waals surface area contributed by atoms with Crippen molar-refractivity contribution in [3.8, 4) is 17.2 Å². The van der Waals surface area contributed by atoms with E-state index in [1.54, 1.807) is 19.2 Å². The number of hydrogen-bond acceptors (Lipinski definition) is 6. The monoisotopic (exact) mass is 385 g/mol. The summed E-state index contributed by atoms with van der Waals surface area (Å²) in [4.78, 5) is 27.5. The number of benzene rings is 1. The highest BCUT2D eigenvalue weighted by molar-refractivity contribution is 7.14. The molecule has 3 aromatic rings. The highest BCUT2D eigenvalue weighted by atomic mass is 32.1. The average Bonchev–Trinajstić information content (AvgIpc) is 3.29. The fraction of sp³-hybridized carbons (Fsp3) is 0.211. The van der Waals surface area contributed by atoms with Crippen LogP contribution < -0.4 is 15.4 Å². The first-order valence-corrected chi connectivity index (χ1v) is 9.13. The number of aromatic nitrogens is 1. The first-order valence-electron chi connectivity index (χ1n) is 8.25. The molecule has 7 nitrogen and oxygen atoms in total. The van der Waals surface area contributed by atoms with Gasteiger partial charge in [-0.2, -0.15) is 0 Å². The molecule has 0 spiro atoms. The fourth-order valence-corrected chi connectivity index (χ4v) is 3.07. The Kier molecular flexibility index (Phi) is 5.87. The van der Waals surface area contributed by atoms with Crippen molar-refractivity contribution in [2.45, 2.75) is 19.9 Å². The van der Waals surface area contributed by atoms with E-state index in [9.17, 15) is 9.59 Å². The zero-order valence-corrected chi connectivity index (χ0v) is 15.8. The minimum absolute atomic E-state index is 0.122. The minimum Gasteiger partial charge on any atom is -0.497 e. The Morgan fingerprint density at radius 1 is 1.19 bits per heavy atom. The van der Waals surface area contributed by atoms with Gasteiger partial charge in [-0.15, -0.1) is 11.3 Å². The van der Waals surface area contributed by atoms with Crippen molar-refractivity contribution in [3.63, 3.8) is 0 Å².